The number of halogens is 3. The van der Waals surface area contributed by atoms with Crippen LogP contribution in [0.1, 0.15) is 11.1 Å². The lowest BCUT2D eigenvalue weighted by molar-refractivity contribution is -0.137. The molecule has 0 fully saturated rings. The molecule has 5 aromatic rings. The van der Waals surface area contributed by atoms with E-state index in [9.17, 15) is 21.6 Å². The average Bonchev–Trinajstić information content (AvgIpc) is 3.43. The first-order valence-corrected chi connectivity index (χ1v) is 13.2. The van der Waals surface area contributed by atoms with Crippen LogP contribution >= 0.6 is 11.8 Å². The van der Waals surface area contributed by atoms with E-state index >= 15 is 0 Å². The van der Waals surface area contributed by atoms with Gasteiger partial charge in [0.15, 0.2) is 11.0 Å². The van der Waals surface area contributed by atoms with Crippen molar-refractivity contribution in [3.8, 4) is 11.4 Å². The van der Waals surface area contributed by atoms with Crippen molar-refractivity contribution < 1.29 is 21.6 Å². The molecular formula is C25H19F3N4O2S2. The van der Waals surface area contributed by atoms with E-state index in [1.165, 1.54) is 27.9 Å². The summed E-state index contributed by atoms with van der Waals surface area (Å²) in [6.45, 7) is 0. The molecular weight excluding hydrogens is 509 g/mol. The number of hydrogen-bond donors (Lipinski definition) is 0. The molecule has 0 saturated carbocycles. The Balaban J connectivity index is 1.47. The molecule has 5 rings (SSSR count). The third-order valence-corrected chi connectivity index (χ3v) is 8.48. The Kier molecular flexibility index (Phi) is 6.13. The topological polar surface area (TPSA) is 69.8 Å². The summed E-state index contributed by atoms with van der Waals surface area (Å²) in [5, 5.41) is 9.79. The van der Waals surface area contributed by atoms with Crippen molar-refractivity contribution in [1.82, 2.24) is 18.7 Å². The van der Waals surface area contributed by atoms with Crippen LogP contribution in [0.5, 0.6) is 0 Å². The molecule has 0 aliphatic rings. The molecule has 184 valence electrons. The van der Waals surface area contributed by atoms with Crippen molar-refractivity contribution >= 4 is 32.7 Å². The zero-order valence-electron chi connectivity index (χ0n) is 18.8. The maximum absolute atomic E-state index is 13.4. The minimum atomic E-state index is -4.38. The number of hydrogen-bond acceptors (Lipinski definition) is 5. The lowest BCUT2D eigenvalue weighted by Crippen LogP contribution is -2.11. The van der Waals surface area contributed by atoms with Gasteiger partial charge in [0.1, 0.15) is 0 Å². The molecule has 0 atom stereocenters. The number of para-hydroxylation sites is 1. The second kappa shape index (κ2) is 9.14. The Morgan fingerprint density at radius 1 is 0.889 bits per heavy atom. The average molecular weight is 529 g/mol. The van der Waals surface area contributed by atoms with Crippen LogP contribution in [0.25, 0.3) is 22.3 Å². The minimum absolute atomic E-state index is 0.169. The highest BCUT2D eigenvalue weighted by Crippen LogP contribution is 2.34. The SMILES string of the molecule is Cn1c(SCc2ccc(C(F)(F)F)cc2)nnc1-c1cn(S(=O)(=O)c2ccccc2)c2ccccc12. The van der Waals surface area contributed by atoms with E-state index in [1.54, 1.807) is 60.3 Å². The van der Waals surface area contributed by atoms with Gasteiger partial charge in [-0.2, -0.15) is 13.2 Å². The monoisotopic (exact) mass is 528 g/mol. The number of rotatable bonds is 6. The normalized spacial score (nSPS) is 12.3. The van der Waals surface area contributed by atoms with Crippen LogP contribution in [-0.2, 0) is 29.0 Å². The van der Waals surface area contributed by atoms with Gasteiger partial charge < -0.3 is 4.57 Å². The largest absolute Gasteiger partial charge is 0.416 e. The standard InChI is InChI=1S/C25H19F3N4O2S2/c1-31-23(29-30-24(31)35-16-17-11-13-18(14-12-17)25(26,27)28)21-15-32(22-10-6-5-9-20(21)22)36(33,34)19-7-3-2-4-8-19/h2-15H,16H2,1H3. The van der Waals surface area contributed by atoms with Gasteiger partial charge in [-0.3, -0.25) is 0 Å². The zero-order chi connectivity index (χ0) is 25.5. The first-order valence-electron chi connectivity index (χ1n) is 10.8. The molecule has 6 nitrogen and oxygen atoms in total. The van der Waals surface area contributed by atoms with Gasteiger partial charge in [0.05, 0.1) is 16.0 Å². The number of aromatic nitrogens is 4. The second-order valence-electron chi connectivity index (χ2n) is 8.02. The van der Waals surface area contributed by atoms with Gasteiger partial charge in [0.2, 0.25) is 0 Å². The molecule has 0 N–H and O–H groups in total. The summed E-state index contributed by atoms with van der Waals surface area (Å²) in [5.74, 6) is 0.872. The third-order valence-electron chi connectivity index (χ3n) is 5.70. The zero-order valence-corrected chi connectivity index (χ0v) is 20.5. The van der Waals surface area contributed by atoms with Crippen LogP contribution in [-0.4, -0.2) is 27.2 Å². The van der Waals surface area contributed by atoms with Crippen molar-refractivity contribution in [2.45, 2.75) is 22.0 Å². The maximum atomic E-state index is 13.4. The third kappa shape index (κ3) is 4.40. The van der Waals surface area contributed by atoms with Gasteiger partial charge in [0.25, 0.3) is 10.0 Å². The Bertz CT molecular complexity index is 1640. The summed E-state index contributed by atoms with van der Waals surface area (Å²) in [6, 6.07) is 20.3. The molecule has 0 radical (unpaired) electrons. The van der Waals surface area contributed by atoms with Gasteiger partial charge in [-0.1, -0.05) is 60.3 Å². The Hall–Kier alpha value is -3.57. The summed E-state index contributed by atoms with van der Waals surface area (Å²) in [4.78, 5) is 0.169. The number of alkyl halides is 3. The van der Waals surface area contributed by atoms with E-state index in [4.69, 9.17) is 0 Å². The van der Waals surface area contributed by atoms with Gasteiger partial charge in [-0.05, 0) is 35.9 Å². The highest BCUT2D eigenvalue weighted by atomic mass is 32.2. The van der Waals surface area contributed by atoms with E-state index in [-0.39, 0.29) is 4.90 Å². The Morgan fingerprint density at radius 2 is 1.56 bits per heavy atom. The first-order chi connectivity index (χ1) is 17.2. The molecule has 0 aliphatic carbocycles. The predicted octanol–water partition coefficient (Wildman–Crippen LogP) is 5.98. The van der Waals surface area contributed by atoms with Crippen LogP contribution in [0.3, 0.4) is 0 Å². The molecule has 2 aromatic heterocycles. The number of thioether (sulfide) groups is 1. The highest BCUT2D eigenvalue weighted by Gasteiger charge is 2.30. The minimum Gasteiger partial charge on any atom is -0.305 e. The van der Waals surface area contributed by atoms with Crippen LogP contribution in [0.4, 0.5) is 13.2 Å². The molecule has 0 bridgehead atoms. The first kappa shape index (κ1) is 24.1. The quantitative estimate of drug-likeness (QED) is 0.254. The van der Waals surface area contributed by atoms with Crippen LogP contribution in [0.15, 0.2) is 95.1 Å². The Morgan fingerprint density at radius 3 is 2.25 bits per heavy atom. The van der Waals surface area contributed by atoms with Crippen molar-refractivity contribution in [3.63, 3.8) is 0 Å². The van der Waals surface area contributed by atoms with E-state index in [2.05, 4.69) is 10.2 Å². The van der Waals surface area contributed by atoms with Gasteiger partial charge in [-0.15, -0.1) is 10.2 Å². The van der Waals surface area contributed by atoms with E-state index < -0.39 is 21.8 Å². The molecule has 0 saturated heterocycles. The summed E-state index contributed by atoms with van der Waals surface area (Å²) < 4.78 is 68.2. The highest BCUT2D eigenvalue weighted by molar-refractivity contribution is 7.98. The van der Waals surface area contributed by atoms with Crippen LogP contribution in [0.2, 0.25) is 0 Å². The number of fused-ring (bicyclic) bond motifs is 1. The van der Waals surface area contributed by atoms with E-state index in [0.29, 0.717) is 38.8 Å². The molecule has 11 heteroatoms. The van der Waals surface area contributed by atoms with E-state index in [1.807, 2.05) is 12.1 Å². The molecule has 0 unspecified atom stereocenters. The molecule has 2 heterocycles. The summed E-state index contributed by atoms with van der Waals surface area (Å²) in [6.07, 6.45) is -2.83. The maximum Gasteiger partial charge on any atom is 0.416 e. The van der Waals surface area contributed by atoms with Gasteiger partial charge in [0, 0.05) is 29.9 Å². The Labute approximate surface area is 209 Å². The van der Waals surface area contributed by atoms with Crippen molar-refractivity contribution in [1.29, 1.82) is 0 Å². The lowest BCUT2D eigenvalue weighted by atomic mass is 10.1. The van der Waals surface area contributed by atoms with Crippen molar-refractivity contribution in [2.24, 2.45) is 7.05 Å². The van der Waals surface area contributed by atoms with Crippen LogP contribution < -0.4 is 0 Å². The molecule has 0 spiro atoms. The molecule has 3 aromatic carbocycles. The fourth-order valence-electron chi connectivity index (χ4n) is 3.85. The number of nitrogens with zero attached hydrogens (tertiary/aromatic N) is 4. The summed E-state index contributed by atoms with van der Waals surface area (Å²) in [7, 11) is -2.08. The van der Waals surface area contributed by atoms with Crippen molar-refractivity contribution in [2.75, 3.05) is 0 Å². The summed E-state index contributed by atoms with van der Waals surface area (Å²) >= 11 is 1.33. The van der Waals surface area contributed by atoms with E-state index in [0.717, 1.165) is 12.1 Å². The smallest absolute Gasteiger partial charge is 0.305 e. The second-order valence-corrected chi connectivity index (χ2v) is 10.8. The van der Waals surface area contributed by atoms with Gasteiger partial charge >= 0.3 is 6.18 Å². The fourth-order valence-corrected chi connectivity index (χ4v) is 6.10. The predicted molar refractivity (Wildman–Crippen MR) is 132 cm³/mol. The van der Waals surface area contributed by atoms with Crippen LogP contribution in [0, 0.1) is 0 Å². The molecule has 36 heavy (non-hydrogen) atoms. The van der Waals surface area contributed by atoms with Crippen molar-refractivity contribution in [3.05, 3.63) is 96.2 Å². The lowest BCUT2D eigenvalue weighted by Gasteiger charge is -2.07. The molecule has 0 aliphatic heterocycles. The number of benzene rings is 3. The molecule has 0 amide bonds. The fraction of sp³-hybridized carbons (Fsp3) is 0.120. The summed E-state index contributed by atoms with van der Waals surface area (Å²) in [5.41, 5.74) is 1.13. The van der Waals surface area contributed by atoms with Gasteiger partial charge in [-0.25, -0.2) is 12.4 Å².